The molecule has 2 aliphatic rings. The lowest BCUT2D eigenvalue weighted by Gasteiger charge is -2.36. The molecule has 1 aromatic carbocycles. The van der Waals surface area contributed by atoms with Crippen LogP contribution < -0.4 is 4.74 Å². The van der Waals surface area contributed by atoms with Crippen molar-refractivity contribution in [3.8, 4) is 5.88 Å². The van der Waals surface area contributed by atoms with Gasteiger partial charge in [0.2, 0.25) is 5.88 Å². The number of hydrogen-bond donors (Lipinski definition) is 0. The van der Waals surface area contributed by atoms with Crippen LogP contribution in [0.3, 0.4) is 0 Å². The fraction of sp³-hybridized carbons (Fsp3) is 0.522. The smallest absolute Gasteiger partial charge is 0.309 e. The summed E-state index contributed by atoms with van der Waals surface area (Å²) in [5.41, 5.74) is 3.00. The Hall–Kier alpha value is -2.47. The van der Waals surface area contributed by atoms with Gasteiger partial charge in [0.1, 0.15) is 18.0 Å². The minimum absolute atomic E-state index is 0.0102. The zero-order valence-corrected chi connectivity index (χ0v) is 17.4. The minimum atomic E-state index is -0.447. The Labute approximate surface area is 172 Å². The number of esters is 1. The monoisotopic (exact) mass is 395 g/mol. The van der Waals surface area contributed by atoms with Gasteiger partial charge in [-0.1, -0.05) is 30.3 Å². The van der Waals surface area contributed by atoms with Crippen molar-refractivity contribution in [2.24, 2.45) is 5.92 Å². The van der Waals surface area contributed by atoms with Crippen molar-refractivity contribution in [2.75, 3.05) is 6.54 Å². The molecular weight excluding hydrogens is 366 g/mol. The van der Waals surface area contributed by atoms with Gasteiger partial charge in [-0.2, -0.15) is 0 Å². The number of carbonyl (C=O) groups excluding carboxylic acids is 1. The van der Waals surface area contributed by atoms with Crippen LogP contribution >= 0.6 is 0 Å². The van der Waals surface area contributed by atoms with Crippen molar-refractivity contribution in [1.29, 1.82) is 0 Å². The van der Waals surface area contributed by atoms with Gasteiger partial charge in [0.25, 0.3) is 0 Å². The summed E-state index contributed by atoms with van der Waals surface area (Å²) in [4.78, 5) is 23.5. The molecule has 0 amide bonds. The molecule has 0 saturated heterocycles. The van der Waals surface area contributed by atoms with Crippen molar-refractivity contribution < 1.29 is 14.3 Å². The summed E-state index contributed by atoms with van der Waals surface area (Å²) in [6, 6.07) is 10.5. The number of ether oxygens (including phenoxy) is 2. The van der Waals surface area contributed by atoms with Gasteiger partial charge in [0, 0.05) is 31.6 Å². The molecule has 0 radical (unpaired) electrons. The number of aromatic nitrogens is 2. The lowest BCUT2D eigenvalue weighted by Crippen LogP contribution is -2.42. The third-order valence-electron chi connectivity index (χ3n) is 5.40. The average molecular weight is 396 g/mol. The van der Waals surface area contributed by atoms with E-state index in [0.717, 1.165) is 37.3 Å². The molecule has 2 aromatic rings. The fourth-order valence-corrected chi connectivity index (χ4v) is 3.85. The Morgan fingerprint density at radius 2 is 1.93 bits per heavy atom. The Balaban J connectivity index is 1.37. The summed E-state index contributed by atoms with van der Waals surface area (Å²) in [7, 11) is 0. The minimum Gasteiger partial charge on any atom is -0.474 e. The first-order valence-corrected chi connectivity index (χ1v) is 10.4. The fourth-order valence-electron chi connectivity index (χ4n) is 3.85. The van der Waals surface area contributed by atoms with Gasteiger partial charge in [0.15, 0.2) is 0 Å². The number of carbonyl (C=O) groups is 1. The predicted molar refractivity (Wildman–Crippen MR) is 109 cm³/mol. The molecule has 1 aliphatic carbocycles. The van der Waals surface area contributed by atoms with E-state index in [1.54, 1.807) is 6.33 Å². The van der Waals surface area contributed by atoms with Crippen LogP contribution in [0.5, 0.6) is 5.88 Å². The van der Waals surface area contributed by atoms with Gasteiger partial charge in [-0.15, -0.1) is 0 Å². The first kappa shape index (κ1) is 19.8. The zero-order chi connectivity index (χ0) is 20.4. The molecule has 0 atom stereocenters. The molecule has 0 spiro atoms. The molecule has 1 aliphatic heterocycles. The molecule has 1 aromatic heterocycles. The average Bonchev–Trinajstić information content (AvgIpc) is 2.64. The van der Waals surface area contributed by atoms with E-state index in [9.17, 15) is 4.79 Å². The quantitative estimate of drug-likeness (QED) is 0.722. The van der Waals surface area contributed by atoms with Crippen LogP contribution in [0.1, 0.15) is 50.4 Å². The first-order chi connectivity index (χ1) is 13.9. The van der Waals surface area contributed by atoms with Gasteiger partial charge < -0.3 is 9.47 Å². The van der Waals surface area contributed by atoms with E-state index >= 15 is 0 Å². The van der Waals surface area contributed by atoms with Crippen LogP contribution in [-0.4, -0.2) is 39.1 Å². The van der Waals surface area contributed by atoms with E-state index in [4.69, 9.17) is 9.47 Å². The van der Waals surface area contributed by atoms with E-state index in [1.807, 2.05) is 26.8 Å². The van der Waals surface area contributed by atoms with Gasteiger partial charge in [-0.05, 0) is 39.2 Å². The van der Waals surface area contributed by atoms with Crippen LogP contribution in [0.15, 0.2) is 36.7 Å². The van der Waals surface area contributed by atoms with Crippen molar-refractivity contribution >= 4 is 5.97 Å². The summed E-state index contributed by atoms with van der Waals surface area (Å²) in [6.07, 6.45) is 3.86. The maximum Gasteiger partial charge on any atom is 0.309 e. The van der Waals surface area contributed by atoms with Crippen LogP contribution in [0, 0.1) is 5.92 Å². The maximum absolute atomic E-state index is 12.2. The van der Waals surface area contributed by atoms with Crippen molar-refractivity contribution in [1.82, 2.24) is 14.9 Å². The Morgan fingerprint density at radius 1 is 1.17 bits per heavy atom. The molecule has 6 nitrogen and oxygen atoms in total. The summed E-state index contributed by atoms with van der Waals surface area (Å²) in [5.74, 6) is 0.461. The topological polar surface area (TPSA) is 64.5 Å². The molecule has 1 saturated carbocycles. The van der Waals surface area contributed by atoms with Gasteiger partial charge in [-0.25, -0.2) is 9.97 Å². The lowest BCUT2D eigenvalue weighted by atomic mass is 9.82. The van der Waals surface area contributed by atoms with E-state index in [0.29, 0.717) is 18.7 Å². The van der Waals surface area contributed by atoms with Gasteiger partial charge >= 0.3 is 5.97 Å². The summed E-state index contributed by atoms with van der Waals surface area (Å²) in [6.45, 7) is 8.34. The maximum atomic E-state index is 12.2. The highest BCUT2D eigenvalue weighted by Crippen LogP contribution is 2.35. The Kier molecular flexibility index (Phi) is 5.54. The number of hydrogen-bond acceptors (Lipinski definition) is 6. The molecule has 2 heterocycles. The second-order valence-corrected chi connectivity index (χ2v) is 8.99. The van der Waals surface area contributed by atoms with Gasteiger partial charge in [0.05, 0.1) is 11.6 Å². The molecule has 0 bridgehead atoms. The third-order valence-corrected chi connectivity index (χ3v) is 5.40. The van der Waals surface area contributed by atoms with Crippen LogP contribution in [-0.2, 0) is 29.0 Å². The number of benzene rings is 1. The molecule has 29 heavy (non-hydrogen) atoms. The van der Waals surface area contributed by atoms with Gasteiger partial charge in [-0.3, -0.25) is 9.69 Å². The van der Waals surface area contributed by atoms with E-state index in [2.05, 4.69) is 39.1 Å². The predicted octanol–water partition coefficient (Wildman–Crippen LogP) is 3.53. The molecular formula is C23H29N3O3. The molecule has 0 N–H and O–H groups in total. The van der Waals surface area contributed by atoms with Crippen molar-refractivity contribution in [2.45, 2.75) is 64.8 Å². The Morgan fingerprint density at radius 3 is 2.66 bits per heavy atom. The normalized spacial score (nSPS) is 21.8. The lowest BCUT2D eigenvalue weighted by molar-refractivity contribution is -0.166. The highest BCUT2D eigenvalue weighted by Gasteiger charge is 2.39. The van der Waals surface area contributed by atoms with Crippen LogP contribution in [0.25, 0.3) is 0 Å². The first-order valence-electron chi connectivity index (χ1n) is 10.4. The third kappa shape index (κ3) is 4.93. The number of nitrogens with zero attached hydrogens (tertiary/aromatic N) is 3. The second-order valence-electron chi connectivity index (χ2n) is 8.99. The summed E-state index contributed by atoms with van der Waals surface area (Å²) < 4.78 is 11.6. The molecule has 0 unspecified atom stereocenters. The summed E-state index contributed by atoms with van der Waals surface area (Å²) >= 11 is 0. The second kappa shape index (κ2) is 8.11. The largest absolute Gasteiger partial charge is 0.474 e. The van der Waals surface area contributed by atoms with Crippen LogP contribution in [0.4, 0.5) is 0 Å². The standard InChI is InChI=1S/C23H29N3O3/c1-23(2,3)29-22(27)17-11-18(12-17)28-21-19-14-26(10-9-20(19)24-15-25-21)13-16-7-5-4-6-8-16/h4-8,15,17-18H,9-14H2,1-3H3. The van der Waals surface area contributed by atoms with Crippen LogP contribution in [0.2, 0.25) is 0 Å². The highest BCUT2D eigenvalue weighted by molar-refractivity contribution is 5.74. The molecule has 4 rings (SSSR count). The SMILES string of the molecule is CC(C)(C)OC(=O)C1CC(Oc2ncnc3c2CN(Cc2ccccc2)CC3)C1. The highest BCUT2D eigenvalue weighted by atomic mass is 16.6. The van der Waals surface area contributed by atoms with Crippen molar-refractivity contribution in [3.63, 3.8) is 0 Å². The van der Waals surface area contributed by atoms with E-state index in [-0.39, 0.29) is 18.0 Å². The summed E-state index contributed by atoms with van der Waals surface area (Å²) in [5, 5.41) is 0. The molecule has 6 heteroatoms. The van der Waals surface area contributed by atoms with E-state index < -0.39 is 5.60 Å². The molecule has 1 fully saturated rings. The van der Waals surface area contributed by atoms with E-state index in [1.165, 1.54) is 5.56 Å². The van der Waals surface area contributed by atoms with Crippen molar-refractivity contribution in [3.05, 3.63) is 53.5 Å². The number of fused-ring (bicyclic) bond motifs is 1. The Bertz CT molecular complexity index is 857. The molecule has 154 valence electrons. The number of rotatable bonds is 5. The zero-order valence-electron chi connectivity index (χ0n) is 17.4.